The molecule has 0 unspecified atom stereocenters. The van der Waals surface area contributed by atoms with Crippen molar-refractivity contribution in [3.8, 4) is 0 Å². The number of esters is 2. The molecule has 0 rings (SSSR count). The third-order valence-electron chi connectivity index (χ3n) is 8.03. The fourth-order valence-electron chi connectivity index (χ4n) is 5.30. The van der Waals surface area contributed by atoms with E-state index in [0.29, 0.717) is 0 Å². The Morgan fingerprint density at radius 3 is 0.881 bits per heavy atom. The Morgan fingerprint density at radius 2 is 0.619 bits per heavy atom. The number of hydrogen-bond acceptors (Lipinski definition) is 4. The average molecular weight is 591 g/mol. The van der Waals surface area contributed by atoms with Crippen molar-refractivity contribution in [1.82, 2.24) is 0 Å². The molecule has 0 aromatic heterocycles. The largest absolute Gasteiger partial charge is 0.459 e. The third kappa shape index (κ3) is 34.6. The fourth-order valence-corrected chi connectivity index (χ4v) is 5.30. The van der Waals surface area contributed by atoms with Crippen molar-refractivity contribution in [2.75, 3.05) is 13.2 Å². The van der Waals surface area contributed by atoms with Gasteiger partial charge in [0.25, 0.3) is 0 Å². The van der Waals surface area contributed by atoms with Crippen LogP contribution in [-0.4, -0.2) is 25.2 Å². The smallest absolute Gasteiger partial charge is 0.330 e. The van der Waals surface area contributed by atoms with Crippen molar-refractivity contribution < 1.29 is 19.1 Å². The van der Waals surface area contributed by atoms with Crippen LogP contribution in [0.25, 0.3) is 0 Å². The number of rotatable bonds is 33. The van der Waals surface area contributed by atoms with Crippen molar-refractivity contribution in [3.05, 3.63) is 24.3 Å². The molecule has 0 fully saturated rings. The Balaban J connectivity index is 3.39. The number of unbranched alkanes of at least 4 members (excludes halogenated alkanes) is 26. The first kappa shape index (κ1) is 40.4. The van der Waals surface area contributed by atoms with Gasteiger partial charge in [-0.25, -0.2) is 9.59 Å². The van der Waals surface area contributed by atoms with E-state index in [1.807, 2.05) is 12.2 Å². The maximum Gasteiger partial charge on any atom is 0.330 e. The number of allylic oxidation sites excluding steroid dienone is 2. The Bertz CT molecular complexity index is 571. The molecule has 0 aliphatic rings. The highest BCUT2D eigenvalue weighted by Crippen LogP contribution is 2.14. The van der Waals surface area contributed by atoms with Crippen LogP contribution in [0.1, 0.15) is 194 Å². The predicted molar refractivity (Wildman–Crippen MR) is 181 cm³/mol. The summed E-state index contributed by atoms with van der Waals surface area (Å²) in [5, 5.41) is 0. The summed E-state index contributed by atoms with van der Waals surface area (Å²) >= 11 is 0. The minimum atomic E-state index is -0.362. The lowest BCUT2D eigenvalue weighted by atomic mass is 10.0. The van der Waals surface area contributed by atoms with E-state index in [0.717, 1.165) is 25.7 Å². The minimum Gasteiger partial charge on any atom is -0.459 e. The highest BCUT2D eigenvalue weighted by atomic mass is 16.6. The van der Waals surface area contributed by atoms with Crippen LogP contribution in [0.5, 0.6) is 0 Å². The molecule has 0 saturated heterocycles. The lowest BCUT2D eigenvalue weighted by molar-refractivity contribution is -0.146. The summed E-state index contributed by atoms with van der Waals surface area (Å²) in [6.45, 7) is 4.74. The van der Waals surface area contributed by atoms with Crippen LogP contribution in [0, 0.1) is 0 Å². The Hall–Kier alpha value is -1.58. The molecule has 42 heavy (non-hydrogen) atoms. The van der Waals surface area contributed by atoms with Gasteiger partial charge in [-0.05, 0) is 25.7 Å². The van der Waals surface area contributed by atoms with Crippen LogP contribution in [-0.2, 0) is 19.1 Å². The number of ether oxygens (including phenoxy) is 2. The van der Waals surface area contributed by atoms with E-state index in [4.69, 9.17) is 9.47 Å². The van der Waals surface area contributed by atoms with Gasteiger partial charge in [-0.1, -0.05) is 180 Å². The lowest BCUT2D eigenvalue weighted by Crippen LogP contribution is -2.11. The average Bonchev–Trinajstić information content (AvgIpc) is 2.99. The second-order valence-electron chi connectivity index (χ2n) is 12.2. The summed E-state index contributed by atoms with van der Waals surface area (Å²) < 4.78 is 10.2. The van der Waals surface area contributed by atoms with E-state index >= 15 is 0 Å². The van der Waals surface area contributed by atoms with Crippen LogP contribution >= 0.6 is 0 Å². The first-order valence-electron chi connectivity index (χ1n) is 18.4. The summed E-state index contributed by atoms with van der Waals surface area (Å²) in [6.07, 6.45) is 43.5. The van der Waals surface area contributed by atoms with Crippen molar-refractivity contribution in [2.24, 2.45) is 0 Å². The molecule has 0 atom stereocenters. The third-order valence-corrected chi connectivity index (χ3v) is 8.03. The highest BCUT2D eigenvalue weighted by Gasteiger charge is 2.00. The van der Waals surface area contributed by atoms with Gasteiger partial charge in [0.15, 0.2) is 0 Å². The van der Waals surface area contributed by atoms with Gasteiger partial charge in [-0.2, -0.15) is 0 Å². The van der Waals surface area contributed by atoms with Gasteiger partial charge in [0.05, 0.1) is 0 Å². The van der Waals surface area contributed by atoms with Crippen LogP contribution in [0.2, 0.25) is 0 Å². The first-order valence-corrected chi connectivity index (χ1v) is 18.4. The zero-order valence-corrected chi connectivity index (χ0v) is 28.2. The molecule has 0 aliphatic carbocycles. The molecule has 0 heterocycles. The molecule has 0 amide bonds. The molecule has 0 radical (unpaired) electrons. The van der Waals surface area contributed by atoms with Crippen LogP contribution in [0.4, 0.5) is 0 Å². The van der Waals surface area contributed by atoms with Crippen molar-refractivity contribution in [1.29, 1.82) is 0 Å². The van der Waals surface area contributed by atoms with E-state index in [1.165, 1.54) is 166 Å². The summed E-state index contributed by atoms with van der Waals surface area (Å²) in [4.78, 5) is 23.6. The second kappa shape index (κ2) is 35.6. The van der Waals surface area contributed by atoms with E-state index in [1.54, 1.807) is 0 Å². The van der Waals surface area contributed by atoms with Gasteiger partial charge in [-0.15, -0.1) is 0 Å². The quantitative estimate of drug-likeness (QED) is 0.0433. The summed E-state index contributed by atoms with van der Waals surface area (Å²) in [6, 6.07) is 0. The standard InChI is InChI=1S/C38H70O4/c1-3-5-7-9-11-13-15-17-19-21-23-25-27-29-31-33-37(39)41-35-36-42-38(40)34-32-30-28-26-24-22-20-18-16-14-12-10-8-6-4-2/h31-34H,3-30,35-36H2,1-2H3. The number of carbonyl (C=O) groups excluding carboxylic acids is 2. The van der Waals surface area contributed by atoms with E-state index in [-0.39, 0.29) is 25.2 Å². The molecule has 0 aromatic rings. The van der Waals surface area contributed by atoms with Crippen LogP contribution in [0.15, 0.2) is 24.3 Å². The van der Waals surface area contributed by atoms with Gasteiger partial charge in [0.2, 0.25) is 0 Å². The Kier molecular flexibility index (Phi) is 34.3. The fraction of sp³-hybridized carbons (Fsp3) is 0.842. The monoisotopic (exact) mass is 591 g/mol. The van der Waals surface area contributed by atoms with Crippen molar-refractivity contribution in [3.63, 3.8) is 0 Å². The highest BCUT2D eigenvalue weighted by molar-refractivity contribution is 5.82. The lowest BCUT2D eigenvalue weighted by Gasteiger charge is -2.03. The van der Waals surface area contributed by atoms with E-state index in [2.05, 4.69) is 13.8 Å². The van der Waals surface area contributed by atoms with E-state index in [9.17, 15) is 9.59 Å². The normalized spacial score (nSPS) is 11.6. The SMILES string of the molecule is CCCCCCCCCCCCCCCC=CC(=O)OCCOC(=O)C=CCCCCCCCCCCCCCCC. The second-order valence-corrected chi connectivity index (χ2v) is 12.2. The zero-order valence-electron chi connectivity index (χ0n) is 28.2. The Morgan fingerprint density at radius 1 is 0.381 bits per heavy atom. The van der Waals surface area contributed by atoms with Gasteiger partial charge in [0.1, 0.15) is 13.2 Å². The topological polar surface area (TPSA) is 52.6 Å². The van der Waals surface area contributed by atoms with Gasteiger partial charge in [0, 0.05) is 12.2 Å². The van der Waals surface area contributed by atoms with Gasteiger partial charge < -0.3 is 9.47 Å². The molecule has 0 N–H and O–H groups in total. The maximum atomic E-state index is 11.8. The predicted octanol–water partition coefficient (Wildman–Crippen LogP) is 12.1. The van der Waals surface area contributed by atoms with Gasteiger partial charge in [-0.3, -0.25) is 0 Å². The summed E-state index contributed by atoms with van der Waals surface area (Å²) in [5.41, 5.74) is 0. The molecule has 4 heteroatoms. The molecular formula is C38H70O4. The molecule has 0 saturated carbocycles. The summed E-state index contributed by atoms with van der Waals surface area (Å²) in [7, 11) is 0. The molecule has 0 aromatic carbocycles. The molecule has 246 valence electrons. The minimum absolute atomic E-state index is 0.0976. The van der Waals surface area contributed by atoms with Crippen molar-refractivity contribution >= 4 is 11.9 Å². The number of carbonyl (C=O) groups is 2. The summed E-state index contributed by atoms with van der Waals surface area (Å²) in [5.74, 6) is -0.725. The van der Waals surface area contributed by atoms with Gasteiger partial charge >= 0.3 is 11.9 Å². The van der Waals surface area contributed by atoms with Crippen molar-refractivity contribution in [2.45, 2.75) is 194 Å². The molecule has 0 aliphatic heterocycles. The molecule has 0 spiro atoms. The first-order chi connectivity index (χ1) is 20.7. The molecule has 4 nitrogen and oxygen atoms in total. The molecule has 0 bridgehead atoms. The van der Waals surface area contributed by atoms with E-state index < -0.39 is 0 Å². The zero-order chi connectivity index (χ0) is 30.6. The van der Waals surface area contributed by atoms with Crippen LogP contribution in [0.3, 0.4) is 0 Å². The Labute approximate surface area is 261 Å². The number of hydrogen-bond donors (Lipinski definition) is 0. The van der Waals surface area contributed by atoms with Crippen LogP contribution < -0.4 is 0 Å². The molecular weight excluding hydrogens is 520 g/mol. The maximum absolute atomic E-state index is 11.8.